The van der Waals surface area contributed by atoms with Crippen LogP contribution in [0.3, 0.4) is 0 Å². The average Bonchev–Trinajstić information content (AvgIpc) is 2.59. The molecule has 2 aromatic heterocycles. The molecule has 3 aromatic rings. The highest BCUT2D eigenvalue weighted by Crippen LogP contribution is 2.24. The monoisotopic (exact) mass is 340 g/mol. The van der Waals surface area contributed by atoms with E-state index in [1.54, 1.807) is 6.07 Å². The van der Waals surface area contributed by atoms with E-state index < -0.39 is 5.97 Å². The van der Waals surface area contributed by atoms with Crippen molar-refractivity contribution in [1.82, 2.24) is 9.97 Å². The van der Waals surface area contributed by atoms with Crippen molar-refractivity contribution >= 4 is 27.4 Å². The van der Waals surface area contributed by atoms with Gasteiger partial charge in [0.1, 0.15) is 5.01 Å². The Morgan fingerprint density at radius 1 is 1.04 bits per heavy atom. The largest absolute Gasteiger partial charge is 0.481 e. The second-order valence-corrected chi connectivity index (χ2v) is 6.47. The second kappa shape index (κ2) is 7.31. The van der Waals surface area contributed by atoms with Gasteiger partial charge in [-0.3, -0.25) is 14.6 Å². The number of carboxylic acids is 1. The van der Waals surface area contributed by atoms with E-state index in [1.807, 2.05) is 36.4 Å². The first-order valence-corrected chi connectivity index (χ1v) is 8.53. The summed E-state index contributed by atoms with van der Waals surface area (Å²) in [5.41, 5.74) is 1.32. The van der Waals surface area contributed by atoms with Crippen LogP contribution < -0.4 is 5.56 Å². The molecule has 0 fully saturated rings. The lowest BCUT2D eigenvalue weighted by Gasteiger charge is -2.04. The number of nitrogens with zero attached hydrogens (tertiary/aromatic N) is 2. The zero-order valence-electron chi connectivity index (χ0n) is 12.9. The zero-order valence-corrected chi connectivity index (χ0v) is 13.8. The summed E-state index contributed by atoms with van der Waals surface area (Å²) in [5, 5.41) is 9.89. The number of aliphatic carboxylic acids is 1. The summed E-state index contributed by atoms with van der Waals surface area (Å²) in [6.07, 6.45) is 2.28. The van der Waals surface area contributed by atoms with Crippen molar-refractivity contribution in [1.29, 1.82) is 0 Å². The molecule has 0 aliphatic heterocycles. The number of rotatable bonds is 6. The van der Waals surface area contributed by atoms with E-state index in [0.717, 1.165) is 16.8 Å². The fraction of sp³-hybridized carbons (Fsp3) is 0.222. The van der Waals surface area contributed by atoms with Gasteiger partial charge in [0.2, 0.25) is 0 Å². The van der Waals surface area contributed by atoms with Gasteiger partial charge in [0.25, 0.3) is 5.56 Å². The van der Waals surface area contributed by atoms with Crippen LogP contribution in [0.2, 0.25) is 0 Å². The number of carbonyl (C=O) groups is 1. The van der Waals surface area contributed by atoms with Crippen LogP contribution in [0.5, 0.6) is 0 Å². The van der Waals surface area contributed by atoms with Gasteiger partial charge in [-0.05, 0) is 43.5 Å². The standard InChI is InChI=1S/C18H16N2O3S/c21-16(22)11-4-1-6-12-7-5-9-14(19-12)18-20-17(23)13-8-2-3-10-15(13)24-18/h2-3,5,7-10H,1,4,6,11H2,(H,21,22). The summed E-state index contributed by atoms with van der Waals surface area (Å²) in [6, 6.07) is 13.0. The Labute approximate surface area is 142 Å². The maximum atomic E-state index is 12.1. The number of benzene rings is 1. The second-order valence-electron chi connectivity index (χ2n) is 5.44. The Bertz CT molecular complexity index is 937. The summed E-state index contributed by atoms with van der Waals surface area (Å²) in [7, 11) is 0. The van der Waals surface area contributed by atoms with Gasteiger partial charge < -0.3 is 5.11 Å². The minimum absolute atomic E-state index is 0.174. The van der Waals surface area contributed by atoms with Gasteiger partial charge in [-0.2, -0.15) is 4.98 Å². The molecule has 6 heteroatoms. The van der Waals surface area contributed by atoms with Crippen molar-refractivity contribution < 1.29 is 9.90 Å². The molecule has 5 nitrogen and oxygen atoms in total. The number of hydrogen-bond donors (Lipinski definition) is 1. The normalized spacial score (nSPS) is 10.8. The minimum Gasteiger partial charge on any atom is -0.481 e. The fourth-order valence-corrected chi connectivity index (χ4v) is 3.41. The van der Waals surface area contributed by atoms with E-state index in [1.165, 1.54) is 11.3 Å². The third kappa shape index (κ3) is 3.83. The van der Waals surface area contributed by atoms with Crippen molar-refractivity contribution in [2.45, 2.75) is 25.7 Å². The third-order valence-electron chi connectivity index (χ3n) is 3.63. The Hall–Kier alpha value is -2.60. The third-order valence-corrected chi connectivity index (χ3v) is 4.70. The van der Waals surface area contributed by atoms with Crippen LogP contribution in [0.1, 0.15) is 25.0 Å². The Morgan fingerprint density at radius 2 is 1.88 bits per heavy atom. The van der Waals surface area contributed by atoms with Gasteiger partial charge in [0.15, 0.2) is 0 Å². The van der Waals surface area contributed by atoms with Gasteiger partial charge in [0, 0.05) is 16.8 Å². The number of fused-ring (bicyclic) bond motifs is 1. The first-order chi connectivity index (χ1) is 11.6. The molecular weight excluding hydrogens is 324 g/mol. The zero-order chi connectivity index (χ0) is 16.9. The quantitative estimate of drug-likeness (QED) is 0.695. The smallest absolute Gasteiger partial charge is 0.303 e. The van der Waals surface area contributed by atoms with Gasteiger partial charge in [-0.25, -0.2) is 0 Å². The number of hydrogen-bond acceptors (Lipinski definition) is 5. The van der Waals surface area contributed by atoms with Gasteiger partial charge in [-0.15, -0.1) is 11.3 Å². The lowest BCUT2D eigenvalue weighted by atomic mass is 10.1. The predicted octanol–water partition coefficient (Wildman–Crippen LogP) is 3.52. The number of aryl methyl sites for hydroxylation is 1. The molecule has 0 unspecified atom stereocenters. The molecule has 0 saturated heterocycles. The van der Waals surface area contributed by atoms with Crippen LogP contribution in [0, 0.1) is 0 Å². The van der Waals surface area contributed by atoms with Crippen molar-refractivity contribution in [3.63, 3.8) is 0 Å². The van der Waals surface area contributed by atoms with E-state index in [9.17, 15) is 9.59 Å². The van der Waals surface area contributed by atoms with Crippen LogP contribution in [0.15, 0.2) is 47.3 Å². The fourth-order valence-electron chi connectivity index (χ4n) is 2.44. The van der Waals surface area contributed by atoms with E-state index in [0.29, 0.717) is 28.9 Å². The molecule has 0 spiro atoms. The first kappa shape index (κ1) is 16.3. The van der Waals surface area contributed by atoms with Gasteiger partial charge in [0.05, 0.1) is 11.1 Å². The SMILES string of the molecule is O=C(O)CCCCc1cccc(-c2nc(=O)c3ccccc3s2)n1. The van der Waals surface area contributed by atoms with E-state index in [-0.39, 0.29) is 12.0 Å². The molecule has 3 rings (SSSR count). The Balaban J connectivity index is 1.83. The maximum absolute atomic E-state index is 12.1. The van der Waals surface area contributed by atoms with Crippen LogP contribution in [-0.2, 0) is 11.2 Å². The molecule has 0 radical (unpaired) electrons. The van der Waals surface area contributed by atoms with Crippen LogP contribution in [-0.4, -0.2) is 21.0 Å². The van der Waals surface area contributed by atoms with Gasteiger partial charge >= 0.3 is 5.97 Å². The molecule has 0 aliphatic carbocycles. The van der Waals surface area contributed by atoms with Crippen LogP contribution >= 0.6 is 11.3 Å². The number of unbranched alkanes of at least 4 members (excludes halogenated alkanes) is 1. The molecular formula is C18H16N2O3S. The van der Waals surface area contributed by atoms with E-state index >= 15 is 0 Å². The molecule has 122 valence electrons. The van der Waals surface area contributed by atoms with Crippen molar-refractivity contribution in [2.24, 2.45) is 0 Å². The molecule has 2 heterocycles. The van der Waals surface area contributed by atoms with E-state index in [4.69, 9.17) is 5.11 Å². The number of aromatic nitrogens is 2. The topological polar surface area (TPSA) is 80.1 Å². The minimum atomic E-state index is -0.776. The van der Waals surface area contributed by atoms with Gasteiger partial charge in [-0.1, -0.05) is 18.2 Å². The molecule has 24 heavy (non-hydrogen) atoms. The summed E-state index contributed by atoms with van der Waals surface area (Å²) in [5.74, 6) is -0.776. The highest BCUT2D eigenvalue weighted by atomic mass is 32.1. The van der Waals surface area contributed by atoms with Crippen LogP contribution in [0.4, 0.5) is 0 Å². The summed E-state index contributed by atoms with van der Waals surface area (Å²) in [4.78, 5) is 31.4. The number of carboxylic acid groups (broad SMARTS) is 1. The molecule has 0 bridgehead atoms. The highest BCUT2D eigenvalue weighted by Gasteiger charge is 2.08. The Kier molecular flexibility index (Phi) is 4.96. The molecule has 1 N–H and O–H groups in total. The summed E-state index contributed by atoms with van der Waals surface area (Å²) in [6.45, 7) is 0. The lowest BCUT2D eigenvalue weighted by molar-refractivity contribution is -0.137. The molecule has 1 aromatic carbocycles. The molecule has 0 atom stereocenters. The first-order valence-electron chi connectivity index (χ1n) is 7.71. The number of pyridine rings is 1. The van der Waals surface area contributed by atoms with Crippen molar-refractivity contribution in [2.75, 3.05) is 0 Å². The van der Waals surface area contributed by atoms with Crippen LogP contribution in [0.25, 0.3) is 20.8 Å². The molecule has 0 amide bonds. The maximum Gasteiger partial charge on any atom is 0.303 e. The lowest BCUT2D eigenvalue weighted by Crippen LogP contribution is -2.06. The van der Waals surface area contributed by atoms with E-state index in [2.05, 4.69) is 9.97 Å². The summed E-state index contributed by atoms with van der Waals surface area (Å²) >= 11 is 1.44. The predicted molar refractivity (Wildman–Crippen MR) is 94.3 cm³/mol. The van der Waals surface area contributed by atoms with Crippen molar-refractivity contribution in [3.8, 4) is 10.7 Å². The average molecular weight is 340 g/mol. The molecule has 0 aliphatic rings. The van der Waals surface area contributed by atoms with Crippen molar-refractivity contribution in [3.05, 3.63) is 58.5 Å². The summed E-state index contributed by atoms with van der Waals surface area (Å²) < 4.78 is 0.890. The molecule has 0 saturated carbocycles. The highest BCUT2D eigenvalue weighted by molar-refractivity contribution is 7.21. The Morgan fingerprint density at radius 3 is 2.71 bits per heavy atom.